The lowest BCUT2D eigenvalue weighted by Gasteiger charge is -2.19. The van der Waals surface area contributed by atoms with Crippen LogP contribution in [0.2, 0.25) is 0 Å². The van der Waals surface area contributed by atoms with Crippen LogP contribution in [0.4, 0.5) is 10.1 Å². The number of aromatic nitrogens is 3. The van der Waals surface area contributed by atoms with Gasteiger partial charge in [-0.05, 0) is 56.5 Å². The molecule has 0 fully saturated rings. The van der Waals surface area contributed by atoms with Gasteiger partial charge in [-0.25, -0.2) is 13.9 Å². The van der Waals surface area contributed by atoms with Crippen LogP contribution in [0.15, 0.2) is 48.5 Å². The van der Waals surface area contributed by atoms with Gasteiger partial charge in [0.2, 0.25) is 5.91 Å². The Bertz CT molecular complexity index is 1270. The number of fused-ring (bicyclic) bond motifs is 3. The van der Waals surface area contributed by atoms with Gasteiger partial charge in [0, 0.05) is 43.3 Å². The van der Waals surface area contributed by atoms with Crippen molar-refractivity contribution < 1.29 is 9.18 Å². The second kappa shape index (κ2) is 9.34. The van der Waals surface area contributed by atoms with Gasteiger partial charge in [-0.2, -0.15) is 5.10 Å². The largest absolute Gasteiger partial charge is 0.372 e. The molecule has 0 aliphatic heterocycles. The van der Waals surface area contributed by atoms with E-state index in [1.807, 2.05) is 60.6 Å². The fraction of sp³-hybridized carbons (Fsp3) is 0.320. The average Bonchev–Trinajstić information content (AvgIpc) is 3.15. The van der Waals surface area contributed by atoms with E-state index in [0.717, 1.165) is 39.9 Å². The molecule has 0 unspecified atom stereocenters. The number of halogens is 1. The van der Waals surface area contributed by atoms with Crippen LogP contribution in [0.25, 0.3) is 16.6 Å². The highest BCUT2D eigenvalue weighted by atomic mass is 19.1. The van der Waals surface area contributed by atoms with Crippen molar-refractivity contribution in [1.29, 1.82) is 0 Å². The summed E-state index contributed by atoms with van der Waals surface area (Å²) in [6.45, 7) is 5.23. The zero-order valence-corrected chi connectivity index (χ0v) is 18.7. The van der Waals surface area contributed by atoms with E-state index in [4.69, 9.17) is 4.98 Å². The predicted octanol–water partition coefficient (Wildman–Crippen LogP) is 4.21. The molecule has 0 aliphatic carbocycles. The zero-order valence-electron chi connectivity index (χ0n) is 18.7. The first-order valence-electron chi connectivity index (χ1n) is 10.9. The SMILES string of the molecule is Cc1nc2c3ccccc3nn2c(C)c1CCC(=O)NCCCN(C)c1ccccc1F. The zero-order chi connectivity index (χ0) is 22.7. The van der Waals surface area contributed by atoms with Gasteiger partial charge in [0.05, 0.1) is 11.2 Å². The van der Waals surface area contributed by atoms with Gasteiger partial charge in [-0.15, -0.1) is 0 Å². The van der Waals surface area contributed by atoms with E-state index < -0.39 is 0 Å². The summed E-state index contributed by atoms with van der Waals surface area (Å²) in [7, 11) is 1.85. The van der Waals surface area contributed by atoms with Crippen LogP contribution in [-0.4, -0.2) is 40.6 Å². The minimum absolute atomic E-state index is 0.00284. The highest BCUT2D eigenvalue weighted by molar-refractivity contribution is 5.92. The Morgan fingerprint density at radius 1 is 1.12 bits per heavy atom. The maximum absolute atomic E-state index is 13.8. The minimum Gasteiger partial charge on any atom is -0.372 e. The second-order valence-corrected chi connectivity index (χ2v) is 8.09. The number of nitrogens with one attached hydrogen (secondary N) is 1. The fourth-order valence-corrected chi connectivity index (χ4v) is 4.09. The smallest absolute Gasteiger partial charge is 0.220 e. The number of anilines is 1. The summed E-state index contributed by atoms with van der Waals surface area (Å²) in [5.74, 6) is -0.233. The third kappa shape index (κ3) is 4.42. The number of para-hydroxylation sites is 1. The molecule has 7 heteroatoms. The Morgan fingerprint density at radius 2 is 1.88 bits per heavy atom. The Hall–Kier alpha value is -3.48. The molecule has 0 aliphatic rings. The molecule has 1 amide bonds. The van der Waals surface area contributed by atoms with Crippen molar-refractivity contribution in [3.05, 3.63) is 71.3 Å². The molecule has 2 aromatic carbocycles. The molecule has 0 spiro atoms. The van der Waals surface area contributed by atoms with Gasteiger partial charge in [0.15, 0.2) is 5.65 Å². The predicted molar refractivity (Wildman–Crippen MR) is 126 cm³/mol. The van der Waals surface area contributed by atoms with Gasteiger partial charge in [0.1, 0.15) is 5.82 Å². The molecular formula is C25H28FN5O. The molecule has 4 aromatic rings. The maximum atomic E-state index is 13.8. The van der Waals surface area contributed by atoms with E-state index in [1.54, 1.807) is 12.1 Å². The van der Waals surface area contributed by atoms with E-state index >= 15 is 0 Å². The van der Waals surface area contributed by atoms with Gasteiger partial charge in [-0.3, -0.25) is 4.79 Å². The molecule has 2 aromatic heterocycles. The molecule has 0 radical (unpaired) electrons. The molecule has 2 heterocycles. The molecule has 0 saturated carbocycles. The summed E-state index contributed by atoms with van der Waals surface area (Å²) in [6.07, 6.45) is 1.73. The number of aryl methyl sites for hydroxylation is 2. The average molecular weight is 434 g/mol. The Morgan fingerprint density at radius 3 is 2.69 bits per heavy atom. The lowest BCUT2D eigenvalue weighted by Crippen LogP contribution is -2.28. The van der Waals surface area contributed by atoms with Crippen LogP contribution in [-0.2, 0) is 11.2 Å². The van der Waals surface area contributed by atoms with Crippen molar-refractivity contribution in [3.63, 3.8) is 0 Å². The quantitative estimate of drug-likeness (QED) is 0.423. The highest BCUT2D eigenvalue weighted by Gasteiger charge is 2.15. The highest BCUT2D eigenvalue weighted by Crippen LogP contribution is 2.23. The summed E-state index contributed by atoms with van der Waals surface area (Å²) >= 11 is 0. The number of nitrogens with zero attached hydrogens (tertiary/aromatic N) is 4. The van der Waals surface area contributed by atoms with E-state index in [-0.39, 0.29) is 11.7 Å². The third-order valence-electron chi connectivity index (χ3n) is 5.88. The van der Waals surface area contributed by atoms with Crippen molar-refractivity contribution in [2.75, 3.05) is 25.0 Å². The van der Waals surface area contributed by atoms with Crippen LogP contribution in [0.1, 0.15) is 29.8 Å². The molecular weight excluding hydrogens is 405 g/mol. The minimum atomic E-state index is -0.236. The van der Waals surface area contributed by atoms with Crippen LogP contribution in [0.5, 0.6) is 0 Å². The number of benzene rings is 2. The summed E-state index contributed by atoms with van der Waals surface area (Å²) in [6, 6.07) is 14.7. The molecule has 0 atom stereocenters. The molecule has 0 saturated heterocycles. The molecule has 1 N–H and O–H groups in total. The first kappa shape index (κ1) is 21.7. The summed E-state index contributed by atoms with van der Waals surface area (Å²) < 4.78 is 15.7. The lowest BCUT2D eigenvalue weighted by atomic mass is 10.1. The Labute approximate surface area is 187 Å². The second-order valence-electron chi connectivity index (χ2n) is 8.09. The topological polar surface area (TPSA) is 62.5 Å². The van der Waals surface area contributed by atoms with Crippen LogP contribution in [0.3, 0.4) is 0 Å². The molecule has 166 valence electrons. The van der Waals surface area contributed by atoms with Crippen molar-refractivity contribution in [3.8, 4) is 0 Å². The lowest BCUT2D eigenvalue weighted by molar-refractivity contribution is -0.121. The summed E-state index contributed by atoms with van der Waals surface area (Å²) in [5, 5.41) is 8.67. The van der Waals surface area contributed by atoms with E-state index in [9.17, 15) is 9.18 Å². The van der Waals surface area contributed by atoms with Gasteiger partial charge in [0.25, 0.3) is 0 Å². The maximum Gasteiger partial charge on any atom is 0.220 e. The van der Waals surface area contributed by atoms with E-state index in [2.05, 4.69) is 10.4 Å². The first-order valence-corrected chi connectivity index (χ1v) is 10.9. The molecule has 32 heavy (non-hydrogen) atoms. The fourth-order valence-electron chi connectivity index (χ4n) is 4.09. The van der Waals surface area contributed by atoms with E-state index in [0.29, 0.717) is 31.6 Å². The van der Waals surface area contributed by atoms with Crippen molar-refractivity contribution in [2.45, 2.75) is 33.1 Å². The number of amides is 1. The molecule has 6 nitrogen and oxygen atoms in total. The van der Waals surface area contributed by atoms with Crippen molar-refractivity contribution in [2.24, 2.45) is 0 Å². The number of hydrogen-bond acceptors (Lipinski definition) is 4. The molecule has 0 bridgehead atoms. The monoisotopic (exact) mass is 433 g/mol. The van der Waals surface area contributed by atoms with Gasteiger partial charge >= 0.3 is 0 Å². The van der Waals surface area contributed by atoms with Crippen LogP contribution < -0.4 is 10.2 Å². The Balaban J connectivity index is 1.32. The first-order chi connectivity index (χ1) is 15.5. The summed E-state index contributed by atoms with van der Waals surface area (Å²) in [4.78, 5) is 19.0. The number of hydrogen-bond donors (Lipinski definition) is 1. The van der Waals surface area contributed by atoms with E-state index in [1.165, 1.54) is 6.07 Å². The number of carbonyl (C=O) groups is 1. The van der Waals surface area contributed by atoms with Crippen LogP contribution >= 0.6 is 0 Å². The number of carbonyl (C=O) groups excluding carboxylic acids is 1. The van der Waals surface area contributed by atoms with Crippen LogP contribution in [0, 0.1) is 19.7 Å². The number of rotatable bonds is 8. The molecule has 4 rings (SSSR count). The van der Waals surface area contributed by atoms with Crippen molar-refractivity contribution >= 4 is 28.1 Å². The third-order valence-corrected chi connectivity index (χ3v) is 5.88. The normalized spacial score (nSPS) is 11.2. The summed E-state index contributed by atoms with van der Waals surface area (Å²) in [5.41, 5.74) is 5.34. The Kier molecular flexibility index (Phi) is 6.35. The standard InChI is InChI=1S/C25H28FN5O/c1-17-19(18(2)31-25(28-17)20-9-4-6-11-22(20)29-31)13-14-24(32)27-15-8-16-30(3)23-12-7-5-10-21(23)26/h4-7,9-12H,8,13-16H2,1-3H3,(H,27,32). The van der Waals surface area contributed by atoms with Crippen molar-refractivity contribution in [1.82, 2.24) is 19.9 Å². The van der Waals surface area contributed by atoms with Gasteiger partial charge in [-0.1, -0.05) is 24.3 Å². The van der Waals surface area contributed by atoms with Gasteiger partial charge < -0.3 is 10.2 Å².